The van der Waals surface area contributed by atoms with E-state index in [1.807, 2.05) is 12.1 Å². The van der Waals surface area contributed by atoms with Gasteiger partial charge in [0, 0.05) is 23.6 Å². The molecule has 4 N–H and O–H groups in total. The van der Waals surface area contributed by atoms with Crippen LogP contribution in [0.3, 0.4) is 0 Å². The van der Waals surface area contributed by atoms with Crippen LogP contribution in [0.25, 0.3) is 0 Å². The van der Waals surface area contributed by atoms with E-state index in [4.69, 9.17) is 26.8 Å². The van der Waals surface area contributed by atoms with Gasteiger partial charge in [-0.2, -0.15) is 0 Å². The molecule has 1 spiro atoms. The number of carbonyl (C=O) groups excluding carboxylic acids is 3. The monoisotopic (exact) mass is 500 g/mol. The number of nitrogen functional groups attached to an aromatic ring is 1. The number of unbranched alkanes of at least 4 members (excludes halogenated alkanes) is 2. The van der Waals surface area contributed by atoms with Gasteiger partial charge in [0.05, 0.1) is 30.3 Å². The van der Waals surface area contributed by atoms with Gasteiger partial charge in [0.1, 0.15) is 6.54 Å². The van der Waals surface area contributed by atoms with Crippen LogP contribution >= 0.6 is 11.6 Å². The van der Waals surface area contributed by atoms with E-state index >= 15 is 0 Å². The number of anilines is 3. The maximum atomic E-state index is 13.2. The molecular weight excluding hydrogens is 472 g/mol. The van der Waals surface area contributed by atoms with Gasteiger partial charge in [-0.3, -0.25) is 19.3 Å². The number of para-hydroxylation sites is 2. The van der Waals surface area contributed by atoms with E-state index in [-0.39, 0.29) is 18.4 Å². The summed E-state index contributed by atoms with van der Waals surface area (Å²) in [6, 6.07) is 12.1. The highest BCUT2D eigenvalue weighted by molar-refractivity contribution is 6.31. The molecule has 35 heavy (non-hydrogen) atoms. The summed E-state index contributed by atoms with van der Waals surface area (Å²) in [5.41, 5.74) is 8.05. The Morgan fingerprint density at radius 3 is 2.60 bits per heavy atom. The van der Waals surface area contributed by atoms with Crippen molar-refractivity contribution in [3.05, 3.63) is 53.1 Å². The average Bonchev–Trinajstić information content (AvgIpc) is 3.05. The van der Waals surface area contributed by atoms with Crippen molar-refractivity contribution in [3.63, 3.8) is 0 Å². The minimum Gasteiger partial charge on any atom is -0.397 e. The first-order valence-corrected chi connectivity index (χ1v) is 12.1. The number of benzene rings is 2. The molecule has 2 aliphatic rings. The molecule has 2 aromatic carbocycles. The second-order valence-corrected chi connectivity index (χ2v) is 8.95. The van der Waals surface area contributed by atoms with E-state index in [2.05, 4.69) is 10.6 Å². The van der Waals surface area contributed by atoms with E-state index in [0.717, 1.165) is 6.42 Å². The molecule has 2 heterocycles. The van der Waals surface area contributed by atoms with Gasteiger partial charge >= 0.3 is 0 Å². The largest absolute Gasteiger partial charge is 0.397 e. The number of amides is 3. The minimum atomic E-state index is -1.54. The van der Waals surface area contributed by atoms with Crippen molar-refractivity contribution in [1.82, 2.24) is 5.32 Å². The molecule has 10 heteroatoms. The standard InChI is InChI=1S/C25H29ClN4O5/c26-17-10-11-21-18(15-17)25(34-13-6-14-35-25)24(33)30(21)16-23(32)28-12-5-1-2-9-22(31)29-20-8-4-3-7-19(20)27/h3-4,7-8,10-11,15H,1-2,5-6,9,12-14,16,27H2,(H,28,32)(H,29,31). The second kappa shape index (κ2) is 11.1. The number of fused-ring (bicyclic) bond motifs is 2. The Morgan fingerprint density at radius 2 is 1.83 bits per heavy atom. The Morgan fingerprint density at radius 1 is 1.06 bits per heavy atom. The van der Waals surface area contributed by atoms with Crippen LogP contribution in [0.15, 0.2) is 42.5 Å². The molecule has 1 fully saturated rings. The fourth-order valence-corrected chi connectivity index (χ4v) is 4.39. The Labute approximate surface area is 208 Å². The zero-order chi connectivity index (χ0) is 24.8. The van der Waals surface area contributed by atoms with E-state index in [0.29, 0.717) is 73.1 Å². The quantitative estimate of drug-likeness (QED) is 0.359. The van der Waals surface area contributed by atoms with E-state index < -0.39 is 11.7 Å². The lowest BCUT2D eigenvalue weighted by Gasteiger charge is -2.32. The van der Waals surface area contributed by atoms with Gasteiger partial charge in [-0.1, -0.05) is 30.2 Å². The first kappa shape index (κ1) is 25.0. The predicted octanol–water partition coefficient (Wildman–Crippen LogP) is 3.17. The predicted molar refractivity (Wildman–Crippen MR) is 133 cm³/mol. The van der Waals surface area contributed by atoms with Crippen molar-refractivity contribution >= 4 is 46.4 Å². The van der Waals surface area contributed by atoms with Gasteiger partial charge in [0.15, 0.2) is 0 Å². The molecule has 4 rings (SSSR count). The van der Waals surface area contributed by atoms with E-state index in [1.54, 1.807) is 30.3 Å². The topological polar surface area (TPSA) is 123 Å². The van der Waals surface area contributed by atoms with Crippen molar-refractivity contribution in [2.75, 3.05) is 42.3 Å². The maximum Gasteiger partial charge on any atom is 0.293 e. The van der Waals surface area contributed by atoms with Crippen LogP contribution in [0.5, 0.6) is 0 Å². The summed E-state index contributed by atoms with van der Waals surface area (Å²) in [5.74, 6) is -2.34. The molecule has 0 atom stereocenters. The maximum absolute atomic E-state index is 13.2. The summed E-state index contributed by atoms with van der Waals surface area (Å²) in [6.45, 7) is 1.06. The summed E-state index contributed by atoms with van der Waals surface area (Å²) < 4.78 is 11.6. The number of nitrogens with zero attached hydrogens (tertiary/aromatic N) is 1. The van der Waals surface area contributed by atoms with Crippen LogP contribution in [-0.4, -0.2) is 44.0 Å². The Kier molecular flexibility index (Phi) is 7.90. The molecular formula is C25H29ClN4O5. The number of hydrogen-bond acceptors (Lipinski definition) is 6. The number of hydrogen-bond donors (Lipinski definition) is 3. The SMILES string of the molecule is Nc1ccccc1NC(=O)CCCCCNC(=O)CN1C(=O)C2(OCCCO2)c2cc(Cl)ccc21. The van der Waals surface area contributed by atoms with Crippen molar-refractivity contribution in [3.8, 4) is 0 Å². The zero-order valence-corrected chi connectivity index (χ0v) is 20.1. The lowest BCUT2D eigenvalue weighted by atomic mass is 10.1. The zero-order valence-electron chi connectivity index (χ0n) is 19.3. The highest BCUT2D eigenvalue weighted by Gasteiger charge is 2.55. The van der Waals surface area contributed by atoms with Crippen LogP contribution < -0.4 is 21.3 Å². The van der Waals surface area contributed by atoms with Gasteiger partial charge in [0.2, 0.25) is 11.8 Å². The first-order valence-electron chi connectivity index (χ1n) is 11.7. The van der Waals surface area contributed by atoms with Crippen molar-refractivity contribution in [1.29, 1.82) is 0 Å². The number of halogens is 1. The molecule has 0 unspecified atom stereocenters. The van der Waals surface area contributed by atoms with E-state index in [1.165, 1.54) is 4.90 Å². The summed E-state index contributed by atoms with van der Waals surface area (Å²) in [5, 5.41) is 6.10. The average molecular weight is 501 g/mol. The molecule has 186 valence electrons. The van der Waals surface area contributed by atoms with Crippen LogP contribution in [-0.2, 0) is 29.6 Å². The normalized spacial score (nSPS) is 16.3. The van der Waals surface area contributed by atoms with Crippen molar-refractivity contribution in [2.45, 2.75) is 37.9 Å². The molecule has 9 nitrogen and oxygen atoms in total. The number of rotatable bonds is 9. The van der Waals surface area contributed by atoms with E-state index in [9.17, 15) is 14.4 Å². The lowest BCUT2D eigenvalue weighted by molar-refractivity contribution is -0.256. The number of nitrogens with one attached hydrogen (secondary N) is 2. The van der Waals surface area contributed by atoms with Crippen molar-refractivity contribution < 1.29 is 23.9 Å². The molecule has 0 aliphatic carbocycles. The lowest BCUT2D eigenvalue weighted by Crippen LogP contribution is -2.49. The van der Waals surface area contributed by atoms with Gasteiger partial charge in [-0.25, -0.2) is 0 Å². The Bertz CT molecular complexity index is 1100. The number of nitrogens with two attached hydrogens (primary N) is 1. The van der Waals surface area contributed by atoms with Crippen LogP contribution in [0, 0.1) is 0 Å². The third-order valence-electron chi connectivity index (χ3n) is 5.97. The fraction of sp³-hybridized carbons (Fsp3) is 0.400. The number of carbonyl (C=O) groups is 3. The Balaban J connectivity index is 1.22. The summed E-state index contributed by atoms with van der Waals surface area (Å²) >= 11 is 6.15. The minimum absolute atomic E-state index is 0.0978. The van der Waals surface area contributed by atoms with Gasteiger partial charge in [-0.05, 0) is 49.6 Å². The number of ether oxygens (including phenoxy) is 2. The highest BCUT2D eigenvalue weighted by atomic mass is 35.5. The van der Waals surface area contributed by atoms with Crippen LogP contribution in [0.4, 0.5) is 17.1 Å². The molecule has 2 aliphatic heterocycles. The summed E-state index contributed by atoms with van der Waals surface area (Å²) in [6.07, 6.45) is 3.22. The van der Waals surface area contributed by atoms with Crippen LogP contribution in [0.1, 0.15) is 37.7 Å². The molecule has 3 amide bonds. The summed E-state index contributed by atoms with van der Waals surface area (Å²) in [4.78, 5) is 39.3. The van der Waals surface area contributed by atoms with Crippen molar-refractivity contribution in [2.24, 2.45) is 0 Å². The summed E-state index contributed by atoms with van der Waals surface area (Å²) in [7, 11) is 0. The van der Waals surface area contributed by atoms with Gasteiger partial charge in [0.25, 0.3) is 11.7 Å². The van der Waals surface area contributed by atoms with Gasteiger partial charge in [-0.15, -0.1) is 0 Å². The Hall–Kier alpha value is -3.14. The molecule has 0 bridgehead atoms. The third kappa shape index (κ3) is 5.58. The smallest absolute Gasteiger partial charge is 0.293 e. The molecule has 0 radical (unpaired) electrons. The highest BCUT2D eigenvalue weighted by Crippen LogP contribution is 2.46. The molecule has 2 aromatic rings. The molecule has 0 saturated carbocycles. The first-order chi connectivity index (χ1) is 16.9. The van der Waals surface area contributed by atoms with Gasteiger partial charge < -0.3 is 25.8 Å². The fourth-order valence-electron chi connectivity index (χ4n) is 4.22. The third-order valence-corrected chi connectivity index (χ3v) is 6.20. The molecule has 0 aromatic heterocycles. The second-order valence-electron chi connectivity index (χ2n) is 8.52. The molecule has 1 saturated heterocycles. The van der Waals surface area contributed by atoms with Crippen LogP contribution in [0.2, 0.25) is 5.02 Å².